The number of aromatic nitrogens is 2. The van der Waals surface area contributed by atoms with E-state index in [2.05, 4.69) is 20.8 Å². The molecule has 2 rings (SSSR count). The maximum atomic E-state index is 12.2. The molecule has 1 aromatic carbocycles. The quantitative estimate of drug-likeness (QED) is 0.756. The van der Waals surface area contributed by atoms with E-state index in [0.717, 1.165) is 22.5 Å². The highest BCUT2D eigenvalue weighted by atomic mass is 16.2. The van der Waals surface area contributed by atoms with Crippen molar-refractivity contribution in [2.75, 3.05) is 7.05 Å². The lowest BCUT2D eigenvalue weighted by Crippen LogP contribution is -2.39. The van der Waals surface area contributed by atoms with Gasteiger partial charge in [-0.25, -0.2) is 0 Å². The number of likely N-dealkylation sites (N-methyl/N-ethyl adjacent to an activating group) is 1. The lowest BCUT2D eigenvalue weighted by atomic mass is 10.1. The van der Waals surface area contributed by atoms with Gasteiger partial charge in [-0.05, 0) is 25.0 Å². The van der Waals surface area contributed by atoms with Gasteiger partial charge in [0, 0.05) is 25.6 Å². The Bertz CT molecular complexity index is 679. The summed E-state index contributed by atoms with van der Waals surface area (Å²) in [6.45, 7) is 3.92. The number of aryl methyl sites for hydroxylation is 2. The normalized spacial score (nSPS) is 11.8. The van der Waals surface area contributed by atoms with Gasteiger partial charge in [0.25, 0.3) is 0 Å². The lowest BCUT2D eigenvalue weighted by molar-refractivity contribution is -0.128. The Labute approximate surface area is 135 Å². The van der Waals surface area contributed by atoms with Crippen molar-refractivity contribution >= 4 is 11.8 Å². The van der Waals surface area contributed by atoms with E-state index in [1.807, 2.05) is 44.2 Å². The minimum atomic E-state index is -0.685. The highest BCUT2D eigenvalue weighted by Gasteiger charge is 2.21. The number of carbonyl (C=O) groups is 2. The van der Waals surface area contributed by atoms with Gasteiger partial charge in [-0.3, -0.25) is 14.7 Å². The van der Waals surface area contributed by atoms with Gasteiger partial charge in [0.05, 0.1) is 5.69 Å². The van der Waals surface area contributed by atoms with Gasteiger partial charge in [-0.1, -0.05) is 30.3 Å². The van der Waals surface area contributed by atoms with Crippen LogP contribution in [0.25, 0.3) is 0 Å². The van der Waals surface area contributed by atoms with Gasteiger partial charge in [0.2, 0.25) is 11.8 Å². The number of aromatic amines is 1. The van der Waals surface area contributed by atoms with Crippen LogP contribution in [-0.4, -0.2) is 29.1 Å². The van der Waals surface area contributed by atoms with Crippen LogP contribution in [0.5, 0.6) is 0 Å². The summed E-state index contributed by atoms with van der Waals surface area (Å²) in [5.41, 5.74) is 3.72. The molecule has 122 valence electrons. The number of carbonyl (C=O) groups excluding carboxylic acids is 2. The Hall–Kier alpha value is -2.63. The zero-order valence-electron chi connectivity index (χ0n) is 13.6. The lowest BCUT2D eigenvalue weighted by Gasteiger charge is -2.17. The van der Waals surface area contributed by atoms with Crippen molar-refractivity contribution in [3.8, 4) is 0 Å². The predicted octanol–water partition coefficient (Wildman–Crippen LogP) is 1.56. The third kappa shape index (κ3) is 4.18. The Morgan fingerprint density at radius 3 is 2.48 bits per heavy atom. The fraction of sp³-hybridized carbons (Fsp3) is 0.353. The van der Waals surface area contributed by atoms with Crippen molar-refractivity contribution in [1.82, 2.24) is 20.8 Å². The van der Waals surface area contributed by atoms with Gasteiger partial charge in [0.1, 0.15) is 6.04 Å². The Morgan fingerprint density at radius 2 is 1.91 bits per heavy atom. The Morgan fingerprint density at radius 1 is 1.22 bits per heavy atom. The summed E-state index contributed by atoms with van der Waals surface area (Å²) in [6.07, 6.45) is 0.822. The van der Waals surface area contributed by atoms with Crippen LogP contribution < -0.4 is 10.6 Å². The number of H-pyrrole nitrogens is 1. The number of nitrogens with zero attached hydrogens (tertiary/aromatic N) is 1. The minimum absolute atomic E-state index is 0.178. The second-order valence-electron chi connectivity index (χ2n) is 5.45. The number of hydrogen-bond acceptors (Lipinski definition) is 3. The summed E-state index contributed by atoms with van der Waals surface area (Å²) in [7, 11) is 1.56. The third-order valence-corrected chi connectivity index (χ3v) is 3.89. The van der Waals surface area contributed by atoms with Gasteiger partial charge in [-0.15, -0.1) is 0 Å². The topological polar surface area (TPSA) is 86.9 Å². The molecule has 0 saturated heterocycles. The van der Waals surface area contributed by atoms with Gasteiger partial charge in [0.15, 0.2) is 0 Å². The molecular weight excluding hydrogens is 292 g/mol. The number of benzene rings is 1. The van der Waals surface area contributed by atoms with E-state index in [1.165, 1.54) is 0 Å². The van der Waals surface area contributed by atoms with Crippen LogP contribution in [0.2, 0.25) is 0 Å². The molecule has 1 atom stereocenters. The molecule has 1 heterocycles. The van der Waals surface area contributed by atoms with Gasteiger partial charge in [-0.2, -0.15) is 5.10 Å². The van der Waals surface area contributed by atoms with Crippen molar-refractivity contribution in [3.05, 3.63) is 52.8 Å². The van der Waals surface area contributed by atoms with E-state index in [4.69, 9.17) is 0 Å². The smallest absolute Gasteiger partial charge is 0.246 e. The molecule has 0 aliphatic rings. The van der Waals surface area contributed by atoms with Crippen molar-refractivity contribution < 1.29 is 9.59 Å². The largest absolute Gasteiger partial charge is 0.357 e. The average Bonchev–Trinajstić information content (AvgIpc) is 2.89. The molecule has 6 heteroatoms. The molecule has 0 spiro atoms. The molecule has 0 unspecified atom stereocenters. The van der Waals surface area contributed by atoms with Gasteiger partial charge >= 0.3 is 0 Å². The first-order valence-electron chi connectivity index (χ1n) is 7.59. The number of amides is 2. The zero-order valence-corrected chi connectivity index (χ0v) is 13.6. The summed E-state index contributed by atoms with van der Waals surface area (Å²) in [6, 6.07) is 8.51. The van der Waals surface area contributed by atoms with Crippen LogP contribution in [0.1, 0.15) is 35.0 Å². The highest BCUT2D eigenvalue weighted by Crippen LogP contribution is 2.14. The van der Waals surface area contributed by atoms with E-state index in [9.17, 15) is 9.59 Å². The second kappa shape index (κ2) is 7.58. The van der Waals surface area contributed by atoms with Crippen molar-refractivity contribution in [1.29, 1.82) is 0 Å². The molecule has 0 aliphatic carbocycles. The molecule has 3 N–H and O–H groups in total. The molecule has 0 fully saturated rings. The zero-order chi connectivity index (χ0) is 16.8. The van der Waals surface area contributed by atoms with Crippen LogP contribution in [0.3, 0.4) is 0 Å². The van der Waals surface area contributed by atoms with Crippen LogP contribution in [0, 0.1) is 13.8 Å². The molecular formula is C17H22N4O2. The fourth-order valence-electron chi connectivity index (χ4n) is 2.33. The highest BCUT2D eigenvalue weighted by molar-refractivity contribution is 5.88. The van der Waals surface area contributed by atoms with Crippen LogP contribution in [-0.2, 0) is 16.0 Å². The first kappa shape index (κ1) is 16.7. The van der Waals surface area contributed by atoms with E-state index >= 15 is 0 Å². The first-order valence-corrected chi connectivity index (χ1v) is 7.59. The number of hydrogen-bond donors (Lipinski definition) is 3. The monoisotopic (exact) mass is 314 g/mol. The van der Waals surface area contributed by atoms with E-state index in [0.29, 0.717) is 6.42 Å². The molecule has 0 saturated carbocycles. The summed E-state index contributed by atoms with van der Waals surface area (Å²) >= 11 is 0. The standard InChI is InChI=1S/C17H22N4O2/c1-11-12(2)20-21-14(11)9-10-15(22)19-16(17(23)18-3)13-7-5-4-6-8-13/h4-8,16H,9-10H2,1-3H3,(H,18,23)(H,19,22)(H,20,21)/t16-/m1/s1. The van der Waals surface area contributed by atoms with E-state index in [1.54, 1.807) is 7.05 Å². The Balaban J connectivity index is 2.00. The molecule has 0 radical (unpaired) electrons. The Kier molecular flexibility index (Phi) is 5.51. The first-order chi connectivity index (χ1) is 11.0. The average molecular weight is 314 g/mol. The summed E-state index contributed by atoms with van der Waals surface area (Å²) in [5.74, 6) is -0.418. The molecule has 23 heavy (non-hydrogen) atoms. The molecule has 6 nitrogen and oxygen atoms in total. The third-order valence-electron chi connectivity index (χ3n) is 3.89. The SMILES string of the molecule is CNC(=O)[C@H](NC(=O)CCc1n[nH]c(C)c1C)c1ccccc1. The van der Waals surface area contributed by atoms with E-state index in [-0.39, 0.29) is 18.2 Å². The number of rotatable bonds is 6. The molecule has 2 aromatic rings. The van der Waals surface area contributed by atoms with Crippen molar-refractivity contribution in [3.63, 3.8) is 0 Å². The predicted molar refractivity (Wildman–Crippen MR) is 87.8 cm³/mol. The molecule has 1 aromatic heterocycles. The molecule has 2 amide bonds. The van der Waals surface area contributed by atoms with E-state index < -0.39 is 6.04 Å². The van der Waals surface area contributed by atoms with Crippen LogP contribution in [0.15, 0.2) is 30.3 Å². The van der Waals surface area contributed by atoms with Gasteiger partial charge < -0.3 is 10.6 Å². The summed E-state index contributed by atoms with van der Waals surface area (Å²) in [4.78, 5) is 24.2. The summed E-state index contributed by atoms with van der Waals surface area (Å²) < 4.78 is 0. The molecule has 0 bridgehead atoms. The van der Waals surface area contributed by atoms with Crippen LogP contribution in [0.4, 0.5) is 0 Å². The second-order valence-corrected chi connectivity index (χ2v) is 5.45. The fourth-order valence-corrected chi connectivity index (χ4v) is 2.33. The van der Waals surface area contributed by atoms with Crippen LogP contribution >= 0.6 is 0 Å². The minimum Gasteiger partial charge on any atom is -0.357 e. The molecule has 0 aliphatic heterocycles. The maximum absolute atomic E-state index is 12.2. The maximum Gasteiger partial charge on any atom is 0.246 e. The summed E-state index contributed by atoms with van der Waals surface area (Å²) in [5, 5.41) is 12.5. The van der Waals surface area contributed by atoms with Crippen molar-refractivity contribution in [2.45, 2.75) is 32.7 Å². The van der Waals surface area contributed by atoms with Crippen molar-refractivity contribution in [2.24, 2.45) is 0 Å². The number of nitrogens with one attached hydrogen (secondary N) is 3.